The van der Waals surface area contributed by atoms with Crippen LogP contribution < -0.4 is 0 Å². The highest BCUT2D eigenvalue weighted by Gasteiger charge is 2.16. The molecule has 0 radical (unpaired) electrons. The van der Waals surface area contributed by atoms with Crippen LogP contribution in [-0.2, 0) is 19.1 Å². The maximum Gasteiger partial charge on any atom is 0.306 e. The number of carbonyl (C=O) groups is 2. The lowest BCUT2D eigenvalue weighted by Crippen LogP contribution is -2.28. The van der Waals surface area contributed by atoms with Crippen molar-refractivity contribution >= 4 is 11.9 Å². The summed E-state index contributed by atoms with van der Waals surface area (Å²) < 4.78 is 10.6. The van der Waals surface area contributed by atoms with Crippen molar-refractivity contribution in [1.29, 1.82) is 0 Å². The molecule has 1 N–H and O–H groups in total. The minimum atomic E-state index is -0.770. The van der Waals surface area contributed by atoms with Crippen LogP contribution in [0.1, 0.15) is 245 Å². The van der Waals surface area contributed by atoms with Gasteiger partial charge in [0.2, 0.25) is 0 Å². The molecule has 0 amide bonds. The summed E-state index contributed by atoms with van der Waals surface area (Å²) in [7, 11) is 0. The van der Waals surface area contributed by atoms with Crippen LogP contribution in [0.25, 0.3) is 0 Å². The summed E-state index contributed by atoms with van der Waals surface area (Å²) in [5.74, 6) is -0.587. The number of carbonyl (C=O) groups excluding carboxylic acids is 2. The standard InChI is InChI=1S/C47H88O5/c1-3-5-7-9-11-13-15-17-19-21-22-23-24-26-28-30-32-34-36-38-40-42-47(50)52-45(43-48)44-51-46(49)41-39-37-35-33-31-29-27-25-20-18-16-14-12-10-8-6-4-2/h12,14,18,20,45,48H,3-11,13,15-17,19,21-44H2,1-2H3/b14-12+,20-18+/t45-/m0/s1. The summed E-state index contributed by atoms with van der Waals surface area (Å²) in [6, 6.07) is 0. The third-order valence-electron chi connectivity index (χ3n) is 10.2. The number of hydrogen-bond donors (Lipinski definition) is 1. The van der Waals surface area contributed by atoms with Crippen LogP contribution in [0.5, 0.6) is 0 Å². The van der Waals surface area contributed by atoms with Gasteiger partial charge >= 0.3 is 11.9 Å². The van der Waals surface area contributed by atoms with Gasteiger partial charge in [0.1, 0.15) is 6.61 Å². The van der Waals surface area contributed by atoms with E-state index in [0.717, 1.165) is 44.9 Å². The topological polar surface area (TPSA) is 72.8 Å². The van der Waals surface area contributed by atoms with Crippen LogP contribution in [0.4, 0.5) is 0 Å². The highest BCUT2D eigenvalue weighted by Crippen LogP contribution is 2.16. The molecular weight excluding hydrogens is 645 g/mol. The van der Waals surface area contributed by atoms with Gasteiger partial charge in [0.25, 0.3) is 0 Å². The van der Waals surface area contributed by atoms with Gasteiger partial charge in [-0.2, -0.15) is 0 Å². The van der Waals surface area contributed by atoms with E-state index in [1.54, 1.807) is 0 Å². The van der Waals surface area contributed by atoms with E-state index in [1.807, 2.05) is 0 Å². The number of ether oxygens (including phenoxy) is 2. The first kappa shape index (κ1) is 50.4. The van der Waals surface area contributed by atoms with Crippen molar-refractivity contribution in [2.24, 2.45) is 0 Å². The van der Waals surface area contributed by atoms with Crippen LogP contribution in [-0.4, -0.2) is 36.4 Å². The molecule has 0 saturated carbocycles. The van der Waals surface area contributed by atoms with E-state index in [4.69, 9.17) is 9.47 Å². The van der Waals surface area contributed by atoms with Gasteiger partial charge in [-0.3, -0.25) is 9.59 Å². The summed E-state index contributed by atoms with van der Waals surface area (Å²) in [6.07, 6.45) is 52.5. The molecule has 0 fully saturated rings. The molecule has 5 nitrogen and oxygen atoms in total. The Balaban J connectivity index is 3.49. The smallest absolute Gasteiger partial charge is 0.306 e. The van der Waals surface area contributed by atoms with E-state index in [-0.39, 0.29) is 25.2 Å². The zero-order valence-corrected chi connectivity index (χ0v) is 34.8. The van der Waals surface area contributed by atoms with Crippen LogP contribution in [0.2, 0.25) is 0 Å². The zero-order valence-electron chi connectivity index (χ0n) is 34.8. The number of rotatable bonds is 42. The third-order valence-corrected chi connectivity index (χ3v) is 10.2. The molecule has 0 aromatic carbocycles. The maximum absolute atomic E-state index is 12.2. The Labute approximate surface area is 323 Å². The third kappa shape index (κ3) is 41.1. The largest absolute Gasteiger partial charge is 0.462 e. The molecule has 306 valence electrons. The quantitative estimate of drug-likeness (QED) is 0.0384. The number of unbranched alkanes of at least 4 members (excludes halogenated alkanes) is 30. The van der Waals surface area contributed by atoms with Crippen LogP contribution >= 0.6 is 0 Å². The predicted molar refractivity (Wildman–Crippen MR) is 224 cm³/mol. The van der Waals surface area contributed by atoms with Crippen molar-refractivity contribution in [1.82, 2.24) is 0 Å². The Morgan fingerprint density at radius 3 is 1.17 bits per heavy atom. The van der Waals surface area contributed by atoms with E-state index in [2.05, 4.69) is 38.2 Å². The van der Waals surface area contributed by atoms with Gasteiger partial charge in [-0.25, -0.2) is 0 Å². The van der Waals surface area contributed by atoms with Crippen molar-refractivity contribution in [3.8, 4) is 0 Å². The van der Waals surface area contributed by atoms with Gasteiger partial charge in [0.05, 0.1) is 6.61 Å². The van der Waals surface area contributed by atoms with Crippen molar-refractivity contribution in [3.63, 3.8) is 0 Å². The fourth-order valence-corrected chi connectivity index (χ4v) is 6.76. The number of allylic oxidation sites excluding steroid dienone is 4. The normalized spacial score (nSPS) is 12.3. The zero-order chi connectivity index (χ0) is 37.8. The molecular formula is C47H88O5. The highest BCUT2D eigenvalue weighted by molar-refractivity contribution is 5.70. The van der Waals surface area contributed by atoms with Crippen LogP contribution in [0.3, 0.4) is 0 Å². The molecule has 1 atom stereocenters. The molecule has 0 aliphatic heterocycles. The summed E-state index contributed by atoms with van der Waals surface area (Å²) in [4.78, 5) is 24.4. The average Bonchev–Trinajstić information content (AvgIpc) is 3.15. The second kappa shape index (κ2) is 43.8. The fraction of sp³-hybridized carbons (Fsp3) is 0.872. The molecule has 0 saturated heterocycles. The summed E-state index contributed by atoms with van der Waals surface area (Å²) in [6.45, 7) is 4.14. The molecule has 5 heteroatoms. The van der Waals surface area contributed by atoms with Crippen molar-refractivity contribution in [2.75, 3.05) is 13.2 Å². The Bertz CT molecular complexity index is 791. The average molecular weight is 733 g/mol. The summed E-state index contributed by atoms with van der Waals surface area (Å²) in [5, 5.41) is 9.59. The molecule has 0 bridgehead atoms. The van der Waals surface area contributed by atoms with Crippen LogP contribution in [0.15, 0.2) is 24.3 Å². The molecule has 0 spiro atoms. The number of aliphatic hydroxyl groups excluding tert-OH is 1. The number of aliphatic hydroxyl groups is 1. The Kier molecular flexibility index (Phi) is 42.4. The Morgan fingerprint density at radius 2 is 0.769 bits per heavy atom. The highest BCUT2D eigenvalue weighted by atomic mass is 16.6. The molecule has 52 heavy (non-hydrogen) atoms. The second-order valence-corrected chi connectivity index (χ2v) is 15.5. The SMILES string of the molecule is CCCCC/C=C/C/C=C/CCCCCCCCCC(=O)OC[C@H](CO)OC(=O)CCCCCCCCCCCCCCCCCCCCCCC. The van der Waals surface area contributed by atoms with Gasteiger partial charge in [-0.15, -0.1) is 0 Å². The minimum absolute atomic E-state index is 0.0654. The lowest BCUT2D eigenvalue weighted by molar-refractivity contribution is -0.161. The second-order valence-electron chi connectivity index (χ2n) is 15.5. The van der Waals surface area contributed by atoms with Crippen molar-refractivity contribution < 1.29 is 24.2 Å². The first-order valence-corrected chi connectivity index (χ1v) is 22.9. The molecule has 0 aromatic heterocycles. The molecule has 0 unspecified atom stereocenters. The van der Waals surface area contributed by atoms with E-state index >= 15 is 0 Å². The summed E-state index contributed by atoms with van der Waals surface area (Å²) in [5.41, 5.74) is 0. The van der Waals surface area contributed by atoms with Crippen molar-refractivity contribution in [2.45, 2.75) is 251 Å². The van der Waals surface area contributed by atoms with E-state index in [1.165, 1.54) is 173 Å². The van der Waals surface area contributed by atoms with Gasteiger partial charge in [0, 0.05) is 12.8 Å². The lowest BCUT2D eigenvalue weighted by atomic mass is 10.0. The van der Waals surface area contributed by atoms with Gasteiger partial charge in [0.15, 0.2) is 6.10 Å². The predicted octanol–water partition coefficient (Wildman–Crippen LogP) is 14.6. The summed E-state index contributed by atoms with van der Waals surface area (Å²) >= 11 is 0. The Morgan fingerprint density at radius 1 is 0.442 bits per heavy atom. The first-order chi connectivity index (χ1) is 25.6. The number of hydrogen-bond acceptors (Lipinski definition) is 5. The molecule has 0 rings (SSSR count). The molecule has 0 aromatic rings. The lowest BCUT2D eigenvalue weighted by Gasteiger charge is -2.15. The monoisotopic (exact) mass is 733 g/mol. The fourth-order valence-electron chi connectivity index (χ4n) is 6.76. The number of esters is 2. The molecule has 0 heterocycles. The van der Waals surface area contributed by atoms with Crippen molar-refractivity contribution in [3.05, 3.63) is 24.3 Å². The van der Waals surface area contributed by atoms with E-state index < -0.39 is 6.10 Å². The van der Waals surface area contributed by atoms with Crippen LogP contribution in [0, 0.1) is 0 Å². The maximum atomic E-state index is 12.2. The van der Waals surface area contributed by atoms with Gasteiger partial charge in [-0.1, -0.05) is 212 Å². The Hall–Kier alpha value is -1.62. The van der Waals surface area contributed by atoms with E-state index in [0.29, 0.717) is 12.8 Å². The first-order valence-electron chi connectivity index (χ1n) is 22.9. The molecule has 0 aliphatic rings. The molecule has 0 aliphatic carbocycles. The van der Waals surface area contributed by atoms with E-state index in [9.17, 15) is 14.7 Å². The van der Waals surface area contributed by atoms with Gasteiger partial charge < -0.3 is 14.6 Å². The van der Waals surface area contributed by atoms with Gasteiger partial charge in [-0.05, 0) is 44.9 Å². The minimum Gasteiger partial charge on any atom is -0.462 e.